The standard InChI is InChI=1S/C28H31BrN2O.2ClH/c1-32-27-15-14-24(29)17-23(27)18-30-19-25-13-8-16-31(25)26(20-30)28(21-9-4-2-5-10-21)22-11-6-3-7-12-22;;/h2-7,9-12,14-15,17,25-26,28H,8,13,16,18-20H2,1H3;2*1H/t25-,26?;;/m0../s1. The Bertz CT molecular complexity index is 998. The first-order valence-corrected chi connectivity index (χ1v) is 12.4. The first-order chi connectivity index (χ1) is 15.7. The van der Waals surface area contributed by atoms with Crippen molar-refractivity contribution in [1.82, 2.24) is 9.80 Å². The van der Waals surface area contributed by atoms with E-state index in [2.05, 4.69) is 105 Å². The Morgan fingerprint density at radius 3 is 2.18 bits per heavy atom. The number of fused-ring (bicyclic) bond motifs is 1. The maximum absolute atomic E-state index is 5.68. The summed E-state index contributed by atoms with van der Waals surface area (Å²) >= 11 is 3.65. The van der Waals surface area contributed by atoms with Gasteiger partial charge in [-0.2, -0.15) is 0 Å². The summed E-state index contributed by atoms with van der Waals surface area (Å²) in [5, 5.41) is 0. The van der Waals surface area contributed by atoms with Gasteiger partial charge in [0.25, 0.3) is 0 Å². The molecule has 0 N–H and O–H groups in total. The topological polar surface area (TPSA) is 15.7 Å². The molecule has 3 aromatic carbocycles. The average Bonchev–Trinajstić information content (AvgIpc) is 3.30. The largest absolute Gasteiger partial charge is 0.496 e. The van der Waals surface area contributed by atoms with Gasteiger partial charge in [-0.3, -0.25) is 9.80 Å². The molecule has 3 aromatic rings. The van der Waals surface area contributed by atoms with Gasteiger partial charge >= 0.3 is 0 Å². The highest BCUT2D eigenvalue weighted by Crippen LogP contribution is 2.38. The lowest BCUT2D eigenvalue weighted by Gasteiger charge is -2.47. The normalized spacial score (nSPS) is 20.3. The van der Waals surface area contributed by atoms with E-state index in [1.165, 1.54) is 36.1 Å². The van der Waals surface area contributed by atoms with Crippen LogP contribution in [0.3, 0.4) is 0 Å². The van der Waals surface area contributed by atoms with Gasteiger partial charge in [0.05, 0.1) is 7.11 Å². The summed E-state index contributed by atoms with van der Waals surface area (Å²) in [6.45, 7) is 4.31. The van der Waals surface area contributed by atoms with Crippen molar-refractivity contribution in [3.8, 4) is 5.75 Å². The van der Waals surface area contributed by atoms with Gasteiger partial charge in [0.1, 0.15) is 5.75 Å². The zero-order valence-corrected chi connectivity index (χ0v) is 22.7. The quantitative estimate of drug-likeness (QED) is 0.328. The van der Waals surface area contributed by atoms with Crippen molar-refractivity contribution in [2.45, 2.75) is 37.4 Å². The molecule has 0 saturated carbocycles. The molecule has 6 heteroatoms. The molecule has 0 radical (unpaired) electrons. The zero-order chi connectivity index (χ0) is 21.9. The summed E-state index contributed by atoms with van der Waals surface area (Å²) in [7, 11) is 1.77. The third-order valence-corrected chi connectivity index (χ3v) is 7.59. The molecule has 182 valence electrons. The highest BCUT2D eigenvalue weighted by molar-refractivity contribution is 9.10. The van der Waals surface area contributed by atoms with Gasteiger partial charge in [-0.15, -0.1) is 24.8 Å². The molecule has 0 aromatic heterocycles. The second-order valence-electron chi connectivity index (χ2n) is 9.05. The van der Waals surface area contributed by atoms with E-state index in [0.29, 0.717) is 18.0 Å². The second kappa shape index (κ2) is 12.4. The molecular formula is C28H33BrCl2N2O. The molecular weight excluding hydrogens is 531 g/mol. The van der Waals surface area contributed by atoms with Crippen LogP contribution in [-0.2, 0) is 6.54 Å². The monoisotopic (exact) mass is 562 g/mol. The van der Waals surface area contributed by atoms with Gasteiger partial charge in [-0.25, -0.2) is 0 Å². The summed E-state index contributed by atoms with van der Waals surface area (Å²) in [6.07, 6.45) is 2.59. The van der Waals surface area contributed by atoms with E-state index >= 15 is 0 Å². The zero-order valence-electron chi connectivity index (χ0n) is 19.5. The summed E-state index contributed by atoms with van der Waals surface area (Å²) in [4.78, 5) is 5.46. The van der Waals surface area contributed by atoms with Crippen molar-refractivity contribution in [3.05, 3.63) is 100 Å². The summed E-state index contributed by atoms with van der Waals surface area (Å²) < 4.78 is 6.79. The van der Waals surface area contributed by atoms with Crippen molar-refractivity contribution < 1.29 is 4.74 Å². The molecule has 1 unspecified atom stereocenters. The number of methoxy groups -OCH3 is 1. The van der Waals surface area contributed by atoms with Crippen LogP contribution in [-0.4, -0.2) is 48.6 Å². The Morgan fingerprint density at radius 2 is 1.56 bits per heavy atom. The van der Waals surface area contributed by atoms with E-state index in [0.717, 1.165) is 29.9 Å². The average molecular weight is 564 g/mol. The van der Waals surface area contributed by atoms with Crippen LogP contribution in [0.2, 0.25) is 0 Å². The molecule has 0 spiro atoms. The third-order valence-electron chi connectivity index (χ3n) is 7.10. The van der Waals surface area contributed by atoms with Crippen LogP contribution < -0.4 is 4.74 Å². The Kier molecular flexibility index (Phi) is 9.87. The van der Waals surface area contributed by atoms with Crippen LogP contribution in [0.4, 0.5) is 0 Å². The van der Waals surface area contributed by atoms with Gasteiger partial charge in [0.2, 0.25) is 0 Å². The summed E-state index contributed by atoms with van der Waals surface area (Å²) in [5.41, 5.74) is 4.08. The van der Waals surface area contributed by atoms with Crippen molar-refractivity contribution in [3.63, 3.8) is 0 Å². The predicted molar refractivity (Wildman–Crippen MR) is 149 cm³/mol. The van der Waals surface area contributed by atoms with Crippen molar-refractivity contribution in [1.29, 1.82) is 0 Å². The van der Waals surface area contributed by atoms with Crippen molar-refractivity contribution in [2.24, 2.45) is 0 Å². The lowest BCUT2D eigenvalue weighted by Crippen LogP contribution is -2.57. The smallest absolute Gasteiger partial charge is 0.123 e. The summed E-state index contributed by atoms with van der Waals surface area (Å²) in [6, 6.07) is 29.6. The minimum atomic E-state index is 0. The third kappa shape index (κ3) is 5.80. The Hall–Kier alpha value is -1.56. The molecule has 2 heterocycles. The maximum atomic E-state index is 5.68. The fraction of sp³-hybridized carbons (Fsp3) is 0.357. The molecule has 2 aliphatic heterocycles. The van der Waals surface area contributed by atoms with Gasteiger partial charge in [-0.05, 0) is 48.7 Å². The van der Waals surface area contributed by atoms with E-state index in [1.807, 2.05) is 0 Å². The molecule has 3 nitrogen and oxygen atoms in total. The lowest BCUT2D eigenvalue weighted by atomic mass is 9.82. The molecule has 2 saturated heterocycles. The van der Waals surface area contributed by atoms with Crippen LogP contribution in [0.1, 0.15) is 35.4 Å². The fourth-order valence-electron chi connectivity index (χ4n) is 5.73. The maximum Gasteiger partial charge on any atom is 0.123 e. The molecule has 2 atom stereocenters. The lowest BCUT2D eigenvalue weighted by molar-refractivity contribution is 0.0380. The minimum absolute atomic E-state index is 0. The highest BCUT2D eigenvalue weighted by atomic mass is 79.9. The molecule has 0 bridgehead atoms. The number of hydrogen-bond donors (Lipinski definition) is 0. The van der Waals surface area contributed by atoms with Gasteiger partial charge in [0, 0.05) is 47.7 Å². The van der Waals surface area contributed by atoms with E-state index in [4.69, 9.17) is 4.74 Å². The van der Waals surface area contributed by atoms with Crippen LogP contribution in [0.15, 0.2) is 83.3 Å². The first-order valence-electron chi connectivity index (χ1n) is 11.6. The van der Waals surface area contributed by atoms with E-state index in [-0.39, 0.29) is 24.8 Å². The first kappa shape index (κ1) is 27.0. The minimum Gasteiger partial charge on any atom is -0.496 e. The molecule has 0 aliphatic carbocycles. The van der Waals surface area contributed by atoms with Crippen molar-refractivity contribution >= 4 is 40.7 Å². The second-order valence-corrected chi connectivity index (χ2v) is 9.97. The molecule has 2 aliphatic rings. The Morgan fingerprint density at radius 1 is 0.912 bits per heavy atom. The Labute approximate surface area is 224 Å². The van der Waals surface area contributed by atoms with Crippen LogP contribution in [0.5, 0.6) is 5.75 Å². The number of halogens is 3. The van der Waals surface area contributed by atoms with Gasteiger partial charge in [0.15, 0.2) is 0 Å². The summed E-state index contributed by atoms with van der Waals surface area (Å²) in [5.74, 6) is 1.34. The van der Waals surface area contributed by atoms with Crippen LogP contribution in [0.25, 0.3) is 0 Å². The molecule has 2 fully saturated rings. The van der Waals surface area contributed by atoms with E-state index < -0.39 is 0 Å². The van der Waals surface area contributed by atoms with Gasteiger partial charge in [-0.1, -0.05) is 76.6 Å². The fourth-order valence-corrected chi connectivity index (χ4v) is 6.14. The number of rotatable bonds is 6. The molecule has 34 heavy (non-hydrogen) atoms. The van der Waals surface area contributed by atoms with E-state index in [1.54, 1.807) is 7.11 Å². The molecule has 5 rings (SSSR count). The number of benzene rings is 3. The predicted octanol–water partition coefficient (Wildman–Crippen LogP) is 6.78. The van der Waals surface area contributed by atoms with Crippen LogP contribution >= 0.6 is 40.7 Å². The number of nitrogens with zero attached hydrogens (tertiary/aromatic N) is 2. The number of hydrogen-bond acceptors (Lipinski definition) is 3. The number of piperazine rings is 1. The Balaban J connectivity index is 0.00000162. The molecule has 0 amide bonds. The highest BCUT2D eigenvalue weighted by Gasteiger charge is 2.41. The van der Waals surface area contributed by atoms with Crippen molar-refractivity contribution in [2.75, 3.05) is 26.7 Å². The number of ether oxygens (including phenoxy) is 1. The van der Waals surface area contributed by atoms with E-state index in [9.17, 15) is 0 Å². The SMILES string of the molecule is COc1ccc(Br)cc1CN1CC(C(c2ccccc2)c2ccccc2)N2CCC[C@H]2C1.Cl.Cl. The van der Waals surface area contributed by atoms with Gasteiger partial charge < -0.3 is 4.74 Å². The van der Waals surface area contributed by atoms with Crippen LogP contribution in [0, 0.1) is 0 Å².